The highest BCUT2D eigenvalue weighted by molar-refractivity contribution is 5.62. The number of rotatable bonds is 9. The number of hydrogen-bond acceptors (Lipinski definition) is 4. The molecule has 0 spiro atoms. The van der Waals surface area contributed by atoms with Crippen LogP contribution in [-0.2, 0) is 13.5 Å². The fourth-order valence-electron chi connectivity index (χ4n) is 3.94. The van der Waals surface area contributed by atoms with Crippen LogP contribution >= 0.6 is 0 Å². The number of pyridine rings is 1. The average Bonchev–Trinajstić information content (AvgIpc) is 3.15. The van der Waals surface area contributed by atoms with Crippen LogP contribution in [0.2, 0.25) is 0 Å². The van der Waals surface area contributed by atoms with E-state index < -0.39 is 0 Å². The lowest BCUT2D eigenvalue weighted by Gasteiger charge is -2.20. The predicted octanol–water partition coefficient (Wildman–Crippen LogP) is 4.23. The molecule has 146 valence electrons. The summed E-state index contributed by atoms with van der Waals surface area (Å²) in [4.78, 5) is 9.40. The van der Waals surface area contributed by atoms with Crippen molar-refractivity contribution in [1.82, 2.24) is 19.9 Å². The molecule has 0 saturated carbocycles. The highest BCUT2D eigenvalue weighted by atomic mass is 15.1. The molecule has 3 heterocycles. The molecule has 0 radical (unpaired) electrons. The molecule has 0 aliphatic carbocycles. The zero-order valence-corrected chi connectivity index (χ0v) is 17.1. The monoisotopic (exact) mass is 367 g/mol. The number of nitrogens with one attached hydrogen (secondary N) is 2. The van der Waals surface area contributed by atoms with E-state index in [1.165, 1.54) is 12.8 Å². The topological polar surface area (TPSA) is 54.8 Å². The van der Waals surface area contributed by atoms with Gasteiger partial charge in [-0.25, -0.2) is 9.97 Å². The Bertz CT molecular complexity index is 777. The molecule has 0 fully saturated rings. The van der Waals surface area contributed by atoms with Crippen LogP contribution in [0.3, 0.4) is 0 Å². The molecule has 2 atom stereocenters. The van der Waals surface area contributed by atoms with Crippen LogP contribution < -0.4 is 10.6 Å². The Kier molecular flexibility index (Phi) is 6.32. The summed E-state index contributed by atoms with van der Waals surface area (Å²) in [6, 6.07) is 4.65. The molecule has 3 rings (SSSR count). The van der Waals surface area contributed by atoms with Crippen LogP contribution in [0.1, 0.15) is 63.0 Å². The second kappa shape index (κ2) is 8.70. The second-order valence-corrected chi connectivity index (χ2v) is 8.05. The molecule has 2 unspecified atom stereocenters. The third kappa shape index (κ3) is 4.59. The van der Waals surface area contributed by atoms with Crippen LogP contribution in [-0.4, -0.2) is 27.1 Å². The van der Waals surface area contributed by atoms with Crippen molar-refractivity contribution in [1.29, 1.82) is 0 Å². The van der Waals surface area contributed by atoms with Gasteiger partial charge in [0.1, 0.15) is 11.6 Å². The number of nitrogens with zero attached hydrogens (tertiary/aromatic N) is 3. The average molecular weight is 368 g/mol. The minimum absolute atomic E-state index is 0.0668. The minimum Gasteiger partial charge on any atom is -0.343 e. The van der Waals surface area contributed by atoms with E-state index in [0.717, 1.165) is 48.0 Å². The molecule has 0 aromatic carbocycles. The molecule has 5 heteroatoms. The fourth-order valence-corrected chi connectivity index (χ4v) is 3.94. The van der Waals surface area contributed by atoms with E-state index in [2.05, 4.69) is 66.8 Å². The van der Waals surface area contributed by atoms with Crippen molar-refractivity contribution in [3.05, 3.63) is 53.9 Å². The molecule has 27 heavy (non-hydrogen) atoms. The Morgan fingerprint density at radius 3 is 2.93 bits per heavy atom. The Hall–Kier alpha value is -2.14. The molecular formula is C22H33N5. The first-order chi connectivity index (χ1) is 13.0. The lowest BCUT2D eigenvalue weighted by molar-refractivity contribution is 0.398. The largest absolute Gasteiger partial charge is 0.343 e. The van der Waals surface area contributed by atoms with E-state index in [4.69, 9.17) is 4.98 Å². The van der Waals surface area contributed by atoms with Crippen LogP contribution in [0.4, 0.5) is 5.82 Å². The van der Waals surface area contributed by atoms with Gasteiger partial charge in [-0.2, -0.15) is 0 Å². The third-order valence-electron chi connectivity index (χ3n) is 5.19. The number of anilines is 1. The van der Waals surface area contributed by atoms with Gasteiger partial charge >= 0.3 is 0 Å². The molecule has 2 aromatic rings. The zero-order valence-electron chi connectivity index (χ0n) is 17.1. The molecular weight excluding hydrogens is 334 g/mol. The highest BCUT2D eigenvalue weighted by Crippen LogP contribution is 2.39. The van der Waals surface area contributed by atoms with E-state index in [0.29, 0.717) is 12.0 Å². The summed E-state index contributed by atoms with van der Waals surface area (Å²) in [5, 5.41) is 7.01. The summed E-state index contributed by atoms with van der Waals surface area (Å²) >= 11 is 0. The van der Waals surface area contributed by atoms with E-state index in [1.54, 1.807) is 0 Å². The number of fused-ring (bicyclic) bond motifs is 1. The second-order valence-electron chi connectivity index (χ2n) is 8.05. The van der Waals surface area contributed by atoms with Gasteiger partial charge in [0.15, 0.2) is 0 Å². The predicted molar refractivity (Wildman–Crippen MR) is 112 cm³/mol. The van der Waals surface area contributed by atoms with Gasteiger partial charge < -0.3 is 15.2 Å². The molecule has 2 aromatic heterocycles. The van der Waals surface area contributed by atoms with Crippen molar-refractivity contribution >= 4 is 5.82 Å². The van der Waals surface area contributed by atoms with E-state index in [1.807, 2.05) is 12.3 Å². The van der Waals surface area contributed by atoms with Crippen molar-refractivity contribution in [3.8, 4) is 0 Å². The van der Waals surface area contributed by atoms with E-state index in [-0.39, 0.29) is 5.92 Å². The summed E-state index contributed by atoms with van der Waals surface area (Å²) in [6.07, 6.45) is 8.48. The van der Waals surface area contributed by atoms with Gasteiger partial charge in [-0.3, -0.25) is 0 Å². The maximum atomic E-state index is 4.98. The summed E-state index contributed by atoms with van der Waals surface area (Å²) in [6.45, 7) is 12.1. The Balaban J connectivity index is 1.72. The number of hydrogen-bond donors (Lipinski definition) is 2. The Morgan fingerprint density at radius 2 is 2.19 bits per heavy atom. The molecule has 0 amide bonds. The lowest BCUT2D eigenvalue weighted by atomic mass is 9.99. The molecule has 1 aliphatic heterocycles. The maximum Gasteiger partial charge on any atom is 0.134 e. The number of allylic oxidation sites excluding steroid dienone is 1. The Labute approximate surface area is 163 Å². The quantitative estimate of drug-likeness (QED) is 0.696. The van der Waals surface area contributed by atoms with Gasteiger partial charge in [-0.1, -0.05) is 33.4 Å². The van der Waals surface area contributed by atoms with Crippen LogP contribution in [0.15, 0.2) is 36.8 Å². The van der Waals surface area contributed by atoms with Gasteiger partial charge in [0, 0.05) is 36.7 Å². The van der Waals surface area contributed by atoms with Gasteiger partial charge in [-0.05, 0) is 44.2 Å². The van der Waals surface area contributed by atoms with Crippen LogP contribution in [0.5, 0.6) is 0 Å². The Morgan fingerprint density at radius 1 is 1.37 bits per heavy atom. The number of aryl methyl sites for hydroxylation is 2. The molecule has 2 N–H and O–H groups in total. The van der Waals surface area contributed by atoms with E-state index in [9.17, 15) is 0 Å². The SMILES string of the molecule is C=C1Nc2ncccc2C1c1nc(CCC(CC(C)C)NCCC)cn1C. The van der Waals surface area contributed by atoms with Crippen molar-refractivity contribution in [2.75, 3.05) is 11.9 Å². The molecule has 0 bridgehead atoms. The number of imidazole rings is 1. The molecule has 1 aliphatic rings. The summed E-state index contributed by atoms with van der Waals surface area (Å²) < 4.78 is 2.14. The maximum absolute atomic E-state index is 4.98. The van der Waals surface area contributed by atoms with Crippen LogP contribution in [0, 0.1) is 5.92 Å². The van der Waals surface area contributed by atoms with Crippen LogP contribution in [0.25, 0.3) is 0 Å². The van der Waals surface area contributed by atoms with Crippen molar-refractivity contribution in [2.24, 2.45) is 13.0 Å². The summed E-state index contributed by atoms with van der Waals surface area (Å²) in [7, 11) is 2.08. The minimum atomic E-state index is 0.0668. The summed E-state index contributed by atoms with van der Waals surface area (Å²) in [5.41, 5.74) is 3.26. The van der Waals surface area contributed by atoms with Gasteiger partial charge in [0.2, 0.25) is 0 Å². The van der Waals surface area contributed by atoms with Crippen molar-refractivity contribution < 1.29 is 0 Å². The van der Waals surface area contributed by atoms with E-state index >= 15 is 0 Å². The van der Waals surface area contributed by atoms with Gasteiger partial charge in [0.05, 0.1) is 11.6 Å². The fraction of sp³-hybridized carbons (Fsp3) is 0.545. The zero-order chi connectivity index (χ0) is 19.4. The smallest absolute Gasteiger partial charge is 0.134 e. The lowest BCUT2D eigenvalue weighted by Crippen LogP contribution is -2.31. The van der Waals surface area contributed by atoms with Gasteiger partial charge in [-0.15, -0.1) is 0 Å². The first kappa shape index (κ1) is 19.6. The van der Waals surface area contributed by atoms with Crippen molar-refractivity contribution in [3.63, 3.8) is 0 Å². The third-order valence-corrected chi connectivity index (χ3v) is 5.19. The molecule has 0 saturated heterocycles. The first-order valence-corrected chi connectivity index (χ1v) is 10.2. The van der Waals surface area contributed by atoms with Crippen molar-refractivity contribution in [2.45, 2.75) is 58.4 Å². The van der Waals surface area contributed by atoms with Gasteiger partial charge in [0.25, 0.3) is 0 Å². The molecule has 5 nitrogen and oxygen atoms in total. The standard InChI is InChI=1S/C22H33N5/c1-6-11-23-17(13-15(2)3)9-10-18-14-27(5)22(26-18)20-16(4)25-21-19(20)8-7-12-24-21/h7-8,12,14-15,17,20,23H,4,6,9-11,13H2,1-3,5H3,(H,24,25). The summed E-state index contributed by atoms with van der Waals surface area (Å²) in [5.74, 6) is 2.71. The highest BCUT2D eigenvalue weighted by Gasteiger charge is 2.31. The normalized spacial score (nSPS) is 17.2. The first-order valence-electron chi connectivity index (χ1n) is 10.2. The number of aromatic nitrogens is 3.